The summed E-state index contributed by atoms with van der Waals surface area (Å²) in [4.78, 5) is 11.0. The van der Waals surface area contributed by atoms with E-state index in [9.17, 15) is 9.90 Å². The molecule has 1 atom stereocenters. The van der Waals surface area contributed by atoms with Crippen LogP contribution in [0.25, 0.3) is 0 Å². The fourth-order valence-electron chi connectivity index (χ4n) is 1.26. The topological polar surface area (TPSA) is 71.1 Å². The Morgan fingerprint density at radius 3 is 3.00 bits per heavy atom. The lowest BCUT2D eigenvalue weighted by atomic mass is 10.1. The first-order valence-corrected chi connectivity index (χ1v) is 4.50. The van der Waals surface area contributed by atoms with Crippen molar-refractivity contribution in [1.82, 2.24) is 0 Å². The van der Waals surface area contributed by atoms with Gasteiger partial charge in [-0.25, -0.2) is 4.79 Å². The molecule has 0 aliphatic carbocycles. The summed E-state index contributed by atoms with van der Waals surface area (Å²) in [5, 5.41) is 11.9. The molecule has 1 aromatic carbocycles. The average molecular weight is 209 g/mol. The summed E-state index contributed by atoms with van der Waals surface area (Å²) in [5.74, 6) is 0.00444. The molecule has 1 fully saturated rings. The highest BCUT2D eigenvalue weighted by Gasteiger charge is 2.25. The third-order valence-electron chi connectivity index (χ3n) is 2.15. The van der Waals surface area contributed by atoms with E-state index in [0.717, 1.165) is 5.56 Å². The lowest BCUT2D eigenvalue weighted by Gasteiger charge is -2.07. The molecule has 0 radical (unpaired) electrons. The second-order valence-corrected chi connectivity index (χ2v) is 3.22. The molecular formula is C10H11NO4. The lowest BCUT2D eigenvalue weighted by molar-refractivity contribution is 0.187. The maximum absolute atomic E-state index is 11.0. The molecule has 0 unspecified atom stereocenters. The molecular weight excluding hydrogens is 198 g/mol. The monoisotopic (exact) mass is 209 g/mol. The number of epoxide rings is 1. The number of methoxy groups -OCH3 is 1. The molecule has 1 heterocycles. The first kappa shape index (κ1) is 9.79. The predicted octanol–water partition coefficient (Wildman–Crippen LogP) is 1.64. The summed E-state index contributed by atoms with van der Waals surface area (Å²) >= 11 is 0. The van der Waals surface area contributed by atoms with E-state index < -0.39 is 6.09 Å². The van der Waals surface area contributed by atoms with Crippen LogP contribution >= 0.6 is 0 Å². The average Bonchev–Trinajstić information content (AvgIpc) is 3.04. The van der Waals surface area contributed by atoms with E-state index in [1.54, 1.807) is 12.1 Å². The van der Waals surface area contributed by atoms with Crippen molar-refractivity contribution >= 4 is 11.8 Å². The molecule has 15 heavy (non-hydrogen) atoms. The third-order valence-corrected chi connectivity index (χ3v) is 2.15. The van der Waals surface area contributed by atoms with Gasteiger partial charge >= 0.3 is 6.09 Å². The fourth-order valence-corrected chi connectivity index (χ4v) is 1.26. The highest BCUT2D eigenvalue weighted by Crippen LogP contribution is 2.34. The van der Waals surface area contributed by atoms with Crippen molar-refractivity contribution in [2.24, 2.45) is 0 Å². The fraction of sp³-hybridized carbons (Fsp3) is 0.300. The number of carbonyl (C=O) groups excluding carboxylic acids is 1. The minimum atomic E-state index is -0.612. The van der Waals surface area contributed by atoms with Crippen molar-refractivity contribution in [2.75, 3.05) is 19.0 Å². The normalized spacial score (nSPS) is 18.3. The van der Waals surface area contributed by atoms with E-state index in [1.807, 2.05) is 0 Å². The molecule has 5 nitrogen and oxygen atoms in total. The van der Waals surface area contributed by atoms with Gasteiger partial charge in [-0.1, -0.05) is 6.07 Å². The maximum atomic E-state index is 11.0. The van der Waals surface area contributed by atoms with Crippen LogP contribution in [0.1, 0.15) is 11.7 Å². The molecule has 2 rings (SSSR count). The largest absolute Gasteiger partial charge is 0.506 e. The maximum Gasteiger partial charge on any atom is 0.411 e. The van der Waals surface area contributed by atoms with Gasteiger partial charge in [0, 0.05) is 0 Å². The molecule has 0 bridgehead atoms. The van der Waals surface area contributed by atoms with E-state index in [0.29, 0.717) is 12.3 Å². The molecule has 80 valence electrons. The van der Waals surface area contributed by atoms with Gasteiger partial charge in [-0.2, -0.15) is 0 Å². The molecule has 1 saturated heterocycles. The molecule has 1 aliphatic rings. The Kier molecular flexibility index (Phi) is 2.47. The van der Waals surface area contributed by atoms with Gasteiger partial charge in [0.2, 0.25) is 0 Å². The molecule has 1 amide bonds. The zero-order valence-corrected chi connectivity index (χ0v) is 8.19. The standard InChI is InChI=1S/C10H11NO4/c1-14-10(13)11-7-4-6(9-5-15-9)2-3-8(7)12/h2-4,9,12H,5H2,1H3,(H,11,13)/t9-/m1/s1. The number of ether oxygens (including phenoxy) is 2. The number of phenols is 1. The van der Waals surface area contributed by atoms with Crippen molar-refractivity contribution in [2.45, 2.75) is 6.10 Å². The van der Waals surface area contributed by atoms with Crippen LogP contribution in [0.5, 0.6) is 5.75 Å². The molecule has 1 aliphatic heterocycles. The van der Waals surface area contributed by atoms with Crippen molar-refractivity contribution < 1.29 is 19.4 Å². The summed E-state index contributed by atoms with van der Waals surface area (Å²) < 4.78 is 9.53. The molecule has 1 aromatic rings. The minimum Gasteiger partial charge on any atom is -0.506 e. The number of benzene rings is 1. The van der Waals surface area contributed by atoms with E-state index in [2.05, 4.69) is 10.1 Å². The molecule has 0 spiro atoms. The van der Waals surface area contributed by atoms with Crippen molar-refractivity contribution in [3.8, 4) is 5.75 Å². The molecule has 2 N–H and O–H groups in total. The summed E-state index contributed by atoms with van der Waals surface area (Å²) in [6.07, 6.45) is -0.525. The van der Waals surface area contributed by atoms with Gasteiger partial charge in [-0.3, -0.25) is 5.32 Å². The Morgan fingerprint density at radius 2 is 2.40 bits per heavy atom. The van der Waals surface area contributed by atoms with Gasteiger partial charge in [0.05, 0.1) is 19.4 Å². The minimum absolute atomic E-state index is 0.00444. The zero-order chi connectivity index (χ0) is 10.8. The Morgan fingerprint density at radius 1 is 1.67 bits per heavy atom. The van der Waals surface area contributed by atoms with Gasteiger partial charge in [-0.05, 0) is 17.7 Å². The van der Waals surface area contributed by atoms with Crippen molar-refractivity contribution in [1.29, 1.82) is 0 Å². The van der Waals surface area contributed by atoms with E-state index in [4.69, 9.17) is 4.74 Å². The number of nitrogens with one attached hydrogen (secondary N) is 1. The zero-order valence-electron chi connectivity index (χ0n) is 8.19. The predicted molar refractivity (Wildman–Crippen MR) is 52.8 cm³/mol. The number of hydrogen-bond donors (Lipinski definition) is 2. The summed E-state index contributed by atoms with van der Waals surface area (Å²) in [6, 6.07) is 4.95. The Hall–Kier alpha value is -1.75. The number of carbonyl (C=O) groups is 1. The Bertz CT molecular complexity index is 387. The van der Waals surface area contributed by atoms with Gasteiger partial charge < -0.3 is 14.6 Å². The summed E-state index contributed by atoms with van der Waals surface area (Å²) in [7, 11) is 1.26. The smallest absolute Gasteiger partial charge is 0.411 e. The number of phenolic OH excluding ortho intramolecular Hbond substituents is 1. The van der Waals surface area contributed by atoms with Crippen LogP contribution in [-0.4, -0.2) is 24.9 Å². The van der Waals surface area contributed by atoms with Crippen LogP contribution < -0.4 is 5.32 Å². The molecule has 0 saturated carbocycles. The van der Waals surface area contributed by atoms with E-state index in [-0.39, 0.29) is 11.9 Å². The first-order chi connectivity index (χ1) is 7.20. The van der Waals surface area contributed by atoms with Gasteiger partial charge in [0.1, 0.15) is 11.9 Å². The van der Waals surface area contributed by atoms with Crippen LogP contribution in [0.3, 0.4) is 0 Å². The van der Waals surface area contributed by atoms with Crippen LogP contribution in [0.2, 0.25) is 0 Å². The SMILES string of the molecule is COC(=O)Nc1cc([C@H]2CO2)ccc1O. The molecule has 0 aromatic heterocycles. The number of anilines is 1. The first-order valence-electron chi connectivity index (χ1n) is 4.50. The highest BCUT2D eigenvalue weighted by atomic mass is 16.6. The highest BCUT2D eigenvalue weighted by molar-refractivity contribution is 5.86. The van der Waals surface area contributed by atoms with Gasteiger partial charge in [0.25, 0.3) is 0 Å². The Balaban J connectivity index is 2.20. The van der Waals surface area contributed by atoms with Crippen LogP contribution in [0, 0.1) is 0 Å². The van der Waals surface area contributed by atoms with Gasteiger partial charge in [0.15, 0.2) is 0 Å². The number of aromatic hydroxyl groups is 1. The number of amides is 1. The number of rotatable bonds is 2. The third kappa shape index (κ3) is 2.19. The van der Waals surface area contributed by atoms with Crippen LogP contribution in [0.15, 0.2) is 18.2 Å². The van der Waals surface area contributed by atoms with E-state index in [1.165, 1.54) is 13.2 Å². The Labute approximate surface area is 86.6 Å². The quantitative estimate of drug-likeness (QED) is 0.573. The van der Waals surface area contributed by atoms with Crippen molar-refractivity contribution in [3.63, 3.8) is 0 Å². The van der Waals surface area contributed by atoms with Crippen LogP contribution in [0.4, 0.5) is 10.5 Å². The number of hydrogen-bond acceptors (Lipinski definition) is 4. The van der Waals surface area contributed by atoms with E-state index >= 15 is 0 Å². The summed E-state index contributed by atoms with van der Waals surface area (Å²) in [6.45, 7) is 0.683. The molecule has 5 heteroatoms. The second-order valence-electron chi connectivity index (χ2n) is 3.22. The second kappa shape index (κ2) is 3.78. The lowest BCUT2D eigenvalue weighted by Crippen LogP contribution is -2.11. The van der Waals surface area contributed by atoms with Gasteiger partial charge in [-0.15, -0.1) is 0 Å². The summed E-state index contributed by atoms with van der Waals surface area (Å²) in [5.41, 5.74) is 1.26. The van der Waals surface area contributed by atoms with Crippen molar-refractivity contribution in [3.05, 3.63) is 23.8 Å². The van der Waals surface area contributed by atoms with Crippen LogP contribution in [-0.2, 0) is 9.47 Å².